The van der Waals surface area contributed by atoms with Gasteiger partial charge in [0.1, 0.15) is 11.3 Å². The summed E-state index contributed by atoms with van der Waals surface area (Å²) < 4.78 is 19.7. The van der Waals surface area contributed by atoms with Crippen LogP contribution in [-0.4, -0.2) is 24.2 Å². The Balaban J connectivity index is 1.89. The molecule has 1 atom stereocenters. The van der Waals surface area contributed by atoms with Gasteiger partial charge in [-0.15, -0.1) is 0 Å². The Labute approximate surface area is 124 Å². The topological polar surface area (TPSA) is 34.1 Å². The van der Waals surface area contributed by atoms with Crippen LogP contribution in [0.2, 0.25) is 0 Å². The van der Waals surface area contributed by atoms with Gasteiger partial charge in [0.2, 0.25) is 0 Å². The molecule has 0 bridgehead atoms. The second-order valence-corrected chi connectivity index (χ2v) is 6.43. The lowest BCUT2D eigenvalue weighted by molar-refractivity contribution is 0.0747. The van der Waals surface area contributed by atoms with Crippen molar-refractivity contribution in [3.05, 3.63) is 35.8 Å². The molecule has 1 fully saturated rings. The van der Waals surface area contributed by atoms with Crippen LogP contribution in [0.25, 0.3) is 10.9 Å². The SMILES string of the molecule is Cc1cc(NCC2OCCC2(C)C)c2cccc(F)c2n1. The largest absolute Gasteiger partial charge is 0.382 e. The van der Waals surface area contributed by atoms with Crippen LogP contribution in [0.1, 0.15) is 26.0 Å². The molecule has 1 unspecified atom stereocenters. The third kappa shape index (κ3) is 2.72. The lowest BCUT2D eigenvalue weighted by Gasteiger charge is -2.26. The minimum Gasteiger partial charge on any atom is -0.382 e. The van der Waals surface area contributed by atoms with Crippen molar-refractivity contribution >= 4 is 16.6 Å². The van der Waals surface area contributed by atoms with Crippen LogP contribution in [0.4, 0.5) is 10.1 Å². The predicted molar refractivity (Wildman–Crippen MR) is 83.1 cm³/mol. The normalized spacial score (nSPS) is 20.9. The van der Waals surface area contributed by atoms with E-state index >= 15 is 0 Å². The summed E-state index contributed by atoms with van der Waals surface area (Å²) in [5.74, 6) is -0.281. The van der Waals surface area contributed by atoms with Crippen molar-refractivity contribution in [1.29, 1.82) is 0 Å². The number of halogens is 1. The van der Waals surface area contributed by atoms with Crippen LogP contribution in [0.5, 0.6) is 0 Å². The molecule has 0 saturated carbocycles. The zero-order valence-corrected chi connectivity index (χ0v) is 12.7. The molecule has 1 N–H and O–H groups in total. The number of fused-ring (bicyclic) bond motifs is 1. The first-order chi connectivity index (χ1) is 9.97. The third-order valence-corrected chi connectivity index (χ3v) is 4.33. The molecule has 2 heterocycles. The van der Waals surface area contributed by atoms with Gasteiger partial charge in [-0.25, -0.2) is 9.37 Å². The van der Waals surface area contributed by atoms with Crippen LogP contribution >= 0.6 is 0 Å². The van der Waals surface area contributed by atoms with Gasteiger partial charge < -0.3 is 10.1 Å². The molecule has 0 amide bonds. The Bertz CT molecular complexity index is 669. The average molecular weight is 288 g/mol. The Kier molecular flexibility index (Phi) is 3.57. The molecule has 4 heteroatoms. The number of benzene rings is 1. The molecular formula is C17H21FN2O. The van der Waals surface area contributed by atoms with E-state index in [0.29, 0.717) is 5.52 Å². The van der Waals surface area contributed by atoms with Gasteiger partial charge >= 0.3 is 0 Å². The molecule has 0 aliphatic carbocycles. The van der Waals surface area contributed by atoms with Gasteiger partial charge in [-0.1, -0.05) is 26.0 Å². The molecule has 1 aliphatic rings. The Morgan fingerprint density at radius 2 is 2.24 bits per heavy atom. The number of aromatic nitrogens is 1. The maximum atomic E-state index is 13.9. The molecule has 1 saturated heterocycles. The first-order valence-corrected chi connectivity index (χ1v) is 7.39. The molecule has 0 radical (unpaired) electrons. The maximum absolute atomic E-state index is 13.9. The second kappa shape index (κ2) is 5.26. The summed E-state index contributed by atoms with van der Waals surface area (Å²) in [4.78, 5) is 4.30. The fourth-order valence-electron chi connectivity index (χ4n) is 2.88. The number of hydrogen-bond donors (Lipinski definition) is 1. The molecule has 2 aromatic rings. The highest BCUT2D eigenvalue weighted by Gasteiger charge is 2.35. The fourth-order valence-corrected chi connectivity index (χ4v) is 2.88. The summed E-state index contributed by atoms with van der Waals surface area (Å²) in [7, 11) is 0. The quantitative estimate of drug-likeness (QED) is 0.930. The molecule has 112 valence electrons. The molecule has 3 nitrogen and oxygen atoms in total. The van der Waals surface area contributed by atoms with E-state index in [1.54, 1.807) is 6.07 Å². The van der Waals surface area contributed by atoms with Gasteiger partial charge in [-0.3, -0.25) is 0 Å². The van der Waals surface area contributed by atoms with E-state index in [-0.39, 0.29) is 17.3 Å². The minimum absolute atomic E-state index is 0.176. The van der Waals surface area contributed by atoms with Crippen molar-refractivity contribution in [3.63, 3.8) is 0 Å². The van der Waals surface area contributed by atoms with Crippen molar-refractivity contribution in [1.82, 2.24) is 4.98 Å². The summed E-state index contributed by atoms with van der Waals surface area (Å²) in [6.07, 6.45) is 1.25. The van der Waals surface area contributed by atoms with E-state index in [2.05, 4.69) is 24.1 Å². The van der Waals surface area contributed by atoms with Crippen molar-refractivity contribution in [2.75, 3.05) is 18.5 Å². The molecule has 1 aromatic heterocycles. The van der Waals surface area contributed by atoms with E-state index in [9.17, 15) is 4.39 Å². The Morgan fingerprint density at radius 3 is 2.95 bits per heavy atom. The van der Waals surface area contributed by atoms with Crippen molar-refractivity contribution in [2.24, 2.45) is 5.41 Å². The molecular weight excluding hydrogens is 267 g/mol. The van der Waals surface area contributed by atoms with E-state index in [4.69, 9.17) is 4.74 Å². The lowest BCUT2D eigenvalue weighted by Crippen LogP contribution is -2.31. The second-order valence-electron chi connectivity index (χ2n) is 6.43. The Morgan fingerprint density at radius 1 is 1.43 bits per heavy atom. The van der Waals surface area contributed by atoms with Gasteiger partial charge in [-0.2, -0.15) is 0 Å². The predicted octanol–water partition coefficient (Wildman–Crippen LogP) is 3.91. The molecule has 3 rings (SSSR count). The summed E-state index contributed by atoms with van der Waals surface area (Å²) in [5, 5.41) is 4.24. The number of para-hydroxylation sites is 1. The molecule has 21 heavy (non-hydrogen) atoms. The van der Waals surface area contributed by atoms with Gasteiger partial charge in [0, 0.05) is 29.9 Å². The van der Waals surface area contributed by atoms with Gasteiger partial charge in [0.15, 0.2) is 0 Å². The molecule has 0 spiro atoms. The van der Waals surface area contributed by atoms with Crippen LogP contribution in [0.3, 0.4) is 0 Å². The highest BCUT2D eigenvalue weighted by molar-refractivity contribution is 5.91. The van der Waals surface area contributed by atoms with Gasteiger partial charge in [0.25, 0.3) is 0 Å². The van der Waals surface area contributed by atoms with E-state index in [0.717, 1.165) is 36.3 Å². The molecule has 1 aliphatic heterocycles. The van der Waals surface area contributed by atoms with Crippen LogP contribution in [0.15, 0.2) is 24.3 Å². The summed E-state index contributed by atoms with van der Waals surface area (Å²) in [6, 6.07) is 7.02. The Hall–Kier alpha value is -1.68. The average Bonchev–Trinajstić information content (AvgIpc) is 2.76. The number of anilines is 1. The van der Waals surface area contributed by atoms with Crippen LogP contribution < -0.4 is 5.32 Å². The third-order valence-electron chi connectivity index (χ3n) is 4.33. The highest BCUT2D eigenvalue weighted by atomic mass is 19.1. The van der Waals surface area contributed by atoms with Crippen molar-refractivity contribution in [2.45, 2.75) is 33.3 Å². The highest BCUT2D eigenvalue weighted by Crippen LogP contribution is 2.34. The van der Waals surface area contributed by atoms with Crippen LogP contribution in [-0.2, 0) is 4.74 Å². The number of ether oxygens (including phenoxy) is 1. The number of hydrogen-bond acceptors (Lipinski definition) is 3. The number of nitrogens with one attached hydrogen (secondary N) is 1. The van der Waals surface area contributed by atoms with Crippen LogP contribution in [0, 0.1) is 18.2 Å². The lowest BCUT2D eigenvalue weighted by atomic mass is 9.85. The number of aryl methyl sites for hydroxylation is 1. The van der Waals surface area contributed by atoms with Gasteiger partial charge in [0.05, 0.1) is 6.10 Å². The maximum Gasteiger partial charge on any atom is 0.149 e. The first kappa shape index (κ1) is 14.3. The number of pyridine rings is 1. The van der Waals surface area contributed by atoms with Crippen molar-refractivity contribution < 1.29 is 9.13 Å². The standard InChI is InChI=1S/C17H21FN2O/c1-11-9-14(12-5-4-6-13(18)16(12)20-11)19-10-15-17(2,3)7-8-21-15/h4-6,9,15H,7-8,10H2,1-3H3,(H,19,20). The molecule has 1 aromatic carbocycles. The summed E-state index contributed by atoms with van der Waals surface area (Å²) in [5.41, 5.74) is 2.33. The number of nitrogens with zero attached hydrogens (tertiary/aromatic N) is 1. The zero-order chi connectivity index (χ0) is 15.0. The van der Waals surface area contributed by atoms with Gasteiger partial charge in [-0.05, 0) is 30.9 Å². The number of rotatable bonds is 3. The fraction of sp³-hybridized carbons (Fsp3) is 0.471. The monoisotopic (exact) mass is 288 g/mol. The zero-order valence-electron chi connectivity index (χ0n) is 12.7. The van der Waals surface area contributed by atoms with E-state index < -0.39 is 0 Å². The van der Waals surface area contributed by atoms with Crippen molar-refractivity contribution in [3.8, 4) is 0 Å². The minimum atomic E-state index is -0.281. The first-order valence-electron chi connectivity index (χ1n) is 7.39. The van der Waals surface area contributed by atoms with E-state index in [1.807, 2.05) is 19.1 Å². The van der Waals surface area contributed by atoms with E-state index in [1.165, 1.54) is 6.07 Å². The summed E-state index contributed by atoms with van der Waals surface area (Å²) in [6.45, 7) is 7.86. The summed E-state index contributed by atoms with van der Waals surface area (Å²) >= 11 is 0. The smallest absolute Gasteiger partial charge is 0.149 e.